The van der Waals surface area contributed by atoms with Gasteiger partial charge in [0.2, 0.25) is 10.0 Å². The van der Waals surface area contributed by atoms with Crippen LogP contribution in [0.2, 0.25) is 0 Å². The molecule has 8 heteroatoms. The van der Waals surface area contributed by atoms with E-state index in [0.717, 1.165) is 4.31 Å². The SMILES string of the molecule is CC(C)N(CC(=O)O)S(=O)(=O)Cc1ccon1. The van der Waals surface area contributed by atoms with E-state index < -0.39 is 28.6 Å². The van der Waals surface area contributed by atoms with Crippen molar-refractivity contribution in [1.29, 1.82) is 0 Å². The molecular weight excluding hydrogens is 248 g/mol. The predicted molar refractivity (Wildman–Crippen MR) is 58.6 cm³/mol. The van der Waals surface area contributed by atoms with Crippen LogP contribution in [0, 0.1) is 0 Å². The molecule has 96 valence electrons. The summed E-state index contributed by atoms with van der Waals surface area (Å²) in [6, 6.07) is 1.000. The van der Waals surface area contributed by atoms with Crippen LogP contribution in [0.4, 0.5) is 0 Å². The minimum absolute atomic E-state index is 0.251. The zero-order valence-electron chi connectivity index (χ0n) is 9.53. The molecule has 1 aromatic rings. The summed E-state index contributed by atoms with van der Waals surface area (Å²) in [7, 11) is -3.71. The smallest absolute Gasteiger partial charge is 0.318 e. The number of sulfonamides is 1. The van der Waals surface area contributed by atoms with Crippen LogP contribution in [0.15, 0.2) is 16.9 Å². The van der Waals surface area contributed by atoms with Crippen LogP contribution in [-0.4, -0.2) is 41.5 Å². The number of hydrogen-bond donors (Lipinski definition) is 1. The normalized spacial score (nSPS) is 12.2. The molecule has 1 heterocycles. The Hall–Kier alpha value is -1.41. The molecule has 0 aliphatic rings. The number of aliphatic carboxylic acids is 1. The molecule has 1 rings (SSSR count). The number of carboxylic acids is 1. The third-order valence-corrected chi connectivity index (χ3v) is 3.97. The van der Waals surface area contributed by atoms with Gasteiger partial charge in [-0.2, -0.15) is 4.31 Å². The molecule has 0 bridgehead atoms. The van der Waals surface area contributed by atoms with Crippen LogP contribution in [0.5, 0.6) is 0 Å². The second kappa shape index (κ2) is 5.28. The largest absolute Gasteiger partial charge is 0.480 e. The van der Waals surface area contributed by atoms with E-state index in [2.05, 4.69) is 9.68 Å². The molecule has 17 heavy (non-hydrogen) atoms. The molecule has 0 fully saturated rings. The minimum atomic E-state index is -3.71. The molecule has 0 spiro atoms. The minimum Gasteiger partial charge on any atom is -0.480 e. The number of carbonyl (C=O) groups is 1. The van der Waals surface area contributed by atoms with Crippen LogP contribution in [-0.2, 0) is 20.6 Å². The highest BCUT2D eigenvalue weighted by atomic mass is 32.2. The van der Waals surface area contributed by atoms with E-state index in [-0.39, 0.29) is 11.4 Å². The molecule has 0 radical (unpaired) electrons. The van der Waals surface area contributed by atoms with Gasteiger partial charge in [-0.3, -0.25) is 4.79 Å². The first-order valence-electron chi connectivity index (χ1n) is 4.93. The Morgan fingerprint density at radius 3 is 2.65 bits per heavy atom. The van der Waals surface area contributed by atoms with Crippen molar-refractivity contribution < 1.29 is 22.8 Å². The number of aromatic nitrogens is 1. The summed E-state index contributed by atoms with van der Waals surface area (Å²) in [4.78, 5) is 10.6. The molecule has 1 N–H and O–H groups in total. The van der Waals surface area contributed by atoms with Gasteiger partial charge in [-0.1, -0.05) is 5.16 Å². The maximum absolute atomic E-state index is 12.0. The lowest BCUT2D eigenvalue weighted by molar-refractivity contribution is -0.137. The predicted octanol–water partition coefficient (Wildman–Crippen LogP) is 0.299. The van der Waals surface area contributed by atoms with Crippen molar-refractivity contribution in [3.8, 4) is 0 Å². The lowest BCUT2D eigenvalue weighted by atomic mass is 10.4. The van der Waals surface area contributed by atoms with Crippen molar-refractivity contribution in [1.82, 2.24) is 9.46 Å². The van der Waals surface area contributed by atoms with E-state index in [9.17, 15) is 13.2 Å². The number of nitrogens with zero attached hydrogens (tertiary/aromatic N) is 2. The summed E-state index contributed by atoms with van der Waals surface area (Å²) < 4.78 is 29.4. The van der Waals surface area contributed by atoms with Crippen LogP contribution in [0.3, 0.4) is 0 Å². The Morgan fingerprint density at radius 2 is 2.24 bits per heavy atom. The molecule has 0 saturated carbocycles. The third-order valence-electron chi connectivity index (χ3n) is 2.05. The first-order chi connectivity index (χ1) is 7.83. The molecule has 0 atom stereocenters. The van der Waals surface area contributed by atoms with E-state index >= 15 is 0 Å². The molecule has 0 aromatic carbocycles. The summed E-state index contributed by atoms with van der Waals surface area (Å²) in [5.74, 6) is -1.56. The number of carboxylic acid groups (broad SMARTS) is 1. The summed E-state index contributed by atoms with van der Waals surface area (Å²) in [6.07, 6.45) is 1.27. The molecule has 1 aromatic heterocycles. The van der Waals surface area contributed by atoms with Crippen molar-refractivity contribution in [2.24, 2.45) is 0 Å². The molecule has 0 amide bonds. The average Bonchev–Trinajstić information content (AvgIpc) is 2.65. The zero-order chi connectivity index (χ0) is 13.1. The highest BCUT2D eigenvalue weighted by Gasteiger charge is 2.28. The highest BCUT2D eigenvalue weighted by Crippen LogP contribution is 2.12. The number of hydrogen-bond acceptors (Lipinski definition) is 5. The van der Waals surface area contributed by atoms with E-state index in [1.54, 1.807) is 13.8 Å². The van der Waals surface area contributed by atoms with Gasteiger partial charge in [0.25, 0.3) is 0 Å². The van der Waals surface area contributed by atoms with Gasteiger partial charge in [0.1, 0.15) is 18.6 Å². The summed E-state index contributed by atoms with van der Waals surface area (Å²) in [5.41, 5.74) is 0.251. The lowest BCUT2D eigenvalue weighted by Gasteiger charge is -2.23. The van der Waals surface area contributed by atoms with E-state index in [1.165, 1.54) is 12.3 Å². The molecule has 0 aliphatic heterocycles. The Morgan fingerprint density at radius 1 is 1.59 bits per heavy atom. The molecule has 0 unspecified atom stereocenters. The first kappa shape index (κ1) is 13.7. The van der Waals surface area contributed by atoms with Gasteiger partial charge in [0, 0.05) is 12.1 Å². The second-order valence-electron chi connectivity index (χ2n) is 3.78. The van der Waals surface area contributed by atoms with Gasteiger partial charge in [0.15, 0.2) is 0 Å². The molecular formula is C9H14N2O5S. The van der Waals surface area contributed by atoms with E-state index in [4.69, 9.17) is 5.11 Å². The Kier molecular flexibility index (Phi) is 4.24. The third kappa shape index (κ3) is 3.82. The van der Waals surface area contributed by atoms with Crippen molar-refractivity contribution in [3.63, 3.8) is 0 Å². The fourth-order valence-corrected chi connectivity index (χ4v) is 2.96. The van der Waals surface area contributed by atoms with Crippen LogP contribution in [0.1, 0.15) is 19.5 Å². The van der Waals surface area contributed by atoms with Crippen LogP contribution < -0.4 is 0 Å². The highest BCUT2D eigenvalue weighted by molar-refractivity contribution is 7.88. The fraction of sp³-hybridized carbons (Fsp3) is 0.556. The van der Waals surface area contributed by atoms with Gasteiger partial charge < -0.3 is 9.63 Å². The standard InChI is InChI=1S/C9H14N2O5S/c1-7(2)11(5-9(12)13)17(14,15)6-8-3-4-16-10-8/h3-4,7H,5-6H2,1-2H3,(H,12,13). The van der Waals surface area contributed by atoms with Crippen LogP contribution >= 0.6 is 0 Å². The first-order valence-corrected chi connectivity index (χ1v) is 6.54. The van der Waals surface area contributed by atoms with Gasteiger partial charge in [-0.25, -0.2) is 8.42 Å². The Bertz CT molecular complexity index is 466. The van der Waals surface area contributed by atoms with Crippen molar-refractivity contribution >= 4 is 16.0 Å². The fourth-order valence-electron chi connectivity index (χ4n) is 1.32. The average molecular weight is 262 g/mol. The Labute approximate surface area is 99.1 Å². The summed E-state index contributed by atoms with van der Waals surface area (Å²) >= 11 is 0. The van der Waals surface area contributed by atoms with Gasteiger partial charge in [-0.05, 0) is 13.8 Å². The van der Waals surface area contributed by atoms with Gasteiger partial charge in [0.05, 0.1) is 5.69 Å². The molecule has 7 nitrogen and oxygen atoms in total. The van der Waals surface area contributed by atoms with Crippen molar-refractivity contribution in [3.05, 3.63) is 18.0 Å². The second-order valence-corrected chi connectivity index (χ2v) is 5.70. The summed E-state index contributed by atoms with van der Waals surface area (Å²) in [6.45, 7) is 2.67. The molecule has 0 saturated heterocycles. The van der Waals surface area contributed by atoms with Crippen molar-refractivity contribution in [2.45, 2.75) is 25.6 Å². The number of rotatable bonds is 6. The van der Waals surface area contributed by atoms with E-state index in [0.29, 0.717) is 0 Å². The topological polar surface area (TPSA) is 101 Å². The van der Waals surface area contributed by atoms with Gasteiger partial charge in [-0.15, -0.1) is 0 Å². The van der Waals surface area contributed by atoms with Gasteiger partial charge >= 0.3 is 5.97 Å². The quantitative estimate of drug-likeness (QED) is 0.791. The van der Waals surface area contributed by atoms with E-state index in [1.807, 2.05) is 0 Å². The van der Waals surface area contributed by atoms with Crippen molar-refractivity contribution in [2.75, 3.05) is 6.54 Å². The Balaban J connectivity index is 2.88. The van der Waals surface area contributed by atoms with Crippen LogP contribution in [0.25, 0.3) is 0 Å². The maximum atomic E-state index is 12.0. The summed E-state index contributed by atoms with van der Waals surface area (Å²) in [5, 5.41) is 12.2. The maximum Gasteiger partial charge on any atom is 0.318 e. The zero-order valence-corrected chi connectivity index (χ0v) is 10.3. The molecule has 0 aliphatic carbocycles. The monoisotopic (exact) mass is 262 g/mol. The lowest BCUT2D eigenvalue weighted by Crippen LogP contribution is -2.41.